The molecule has 1 radical (unpaired) electrons. The van der Waals surface area contributed by atoms with Crippen molar-refractivity contribution in [3.05, 3.63) is 30.5 Å². The molecule has 2 aromatic rings. The second kappa shape index (κ2) is 4.90. The van der Waals surface area contributed by atoms with E-state index in [9.17, 15) is 8.42 Å². The van der Waals surface area contributed by atoms with E-state index in [1.165, 1.54) is 12.1 Å². The van der Waals surface area contributed by atoms with Crippen LogP contribution in [0, 0.1) is 0 Å². The molecule has 8 heteroatoms. The van der Waals surface area contributed by atoms with Gasteiger partial charge in [0.1, 0.15) is 5.69 Å². The molecule has 0 amide bonds. The van der Waals surface area contributed by atoms with Crippen molar-refractivity contribution < 1.29 is 30.8 Å². The van der Waals surface area contributed by atoms with Crippen LogP contribution in [0.5, 0.6) is 0 Å². The number of nitrogens with two attached hydrogens (primary N) is 1. The molecule has 89 valence electrons. The van der Waals surface area contributed by atoms with Crippen molar-refractivity contribution in [2.24, 2.45) is 5.14 Å². The van der Waals surface area contributed by atoms with E-state index >= 15 is 0 Å². The van der Waals surface area contributed by atoms with E-state index in [2.05, 4.69) is 15.4 Å². The summed E-state index contributed by atoms with van der Waals surface area (Å²) in [7, 11) is -3.63. The second-order valence-electron chi connectivity index (χ2n) is 2.92. The van der Waals surface area contributed by atoms with E-state index in [-0.39, 0.29) is 27.3 Å². The smallest absolute Gasteiger partial charge is 0.225 e. The van der Waals surface area contributed by atoms with Gasteiger partial charge >= 0.3 is 0 Å². The largest absolute Gasteiger partial charge is 0.238 e. The fourth-order valence-electron chi connectivity index (χ4n) is 1.16. The number of rotatable bonds is 2. The molecule has 0 aliphatic rings. The SMILES string of the molecule is NS(=O)(=O)c1ccc(-c2cn[nH]n2)cc1.[Ag]. The maximum Gasteiger partial charge on any atom is 0.238 e. The minimum Gasteiger partial charge on any atom is -0.225 e. The van der Waals surface area contributed by atoms with Crippen molar-refractivity contribution in [1.82, 2.24) is 15.4 Å². The number of nitrogens with zero attached hydrogens (tertiary/aromatic N) is 2. The van der Waals surface area contributed by atoms with Gasteiger partial charge in [-0.3, -0.25) is 0 Å². The number of hydrogen-bond acceptors (Lipinski definition) is 4. The summed E-state index contributed by atoms with van der Waals surface area (Å²) >= 11 is 0. The molecular formula is C8H8AgN4O2S. The number of H-pyrrole nitrogens is 1. The quantitative estimate of drug-likeness (QED) is 0.763. The summed E-state index contributed by atoms with van der Waals surface area (Å²) in [4.78, 5) is 0.0785. The third-order valence-electron chi connectivity index (χ3n) is 1.89. The Morgan fingerprint density at radius 1 is 1.19 bits per heavy atom. The van der Waals surface area contributed by atoms with Gasteiger partial charge in [-0.15, -0.1) is 0 Å². The van der Waals surface area contributed by atoms with Crippen LogP contribution in [-0.4, -0.2) is 23.8 Å². The van der Waals surface area contributed by atoms with Gasteiger partial charge < -0.3 is 0 Å². The molecule has 0 saturated heterocycles. The number of benzene rings is 1. The van der Waals surface area contributed by atoms with Crippen LogP contribution in [-0.2, 0) is 32.4 Å². The van der Waals surface area contributed by atoms with Gasteiger partial charge in [-0.2, -0.15) is 15.4 Å². The summed E-state index contributed by atoms with van der Waals surface area (Å²) in [5.41, 5.74) is 1.42. The van der Waals surface area contributed by atoms with Gasteiger partial charge in [-0.25, -0.2) is 13.6 Å². The standard InChI is InChI=1S/C8H8N4O2S.Ag/c9-15(13,14)7-3-1-6(2-4-7)8-5-10-12-11-8;/h1-5H,(H2,9,13,14)(H,10,11,12);. The summed E-state index contributed by atoms with van der Waals surface area (Å²) < 4.78 is 21.9. The summed E-state index contributed by atoms with van der Waals surface area (Å²) in [6.45, 7) is 0. The average molecular weight is 332 g/mol. The second-order valence-corrected chi connectivity index (χ2v) is 4.49. The fraction of sp³-hybridized carbons (Fsp3) is 0. The van der Waals surface area contributed by atoms with E-state index in [0.717, 1.165) is 5.56 Å². The third-order valence-corrected chi connectivity index (χ3v) is 2.82. The predicted molar refractivity (Wildman–Crippen MR) is 53.2 cm³/mol. The first-order chi connectivity index (χ1) is 7.07. The van der Waals surface area contributed by atoms with Gasteiger partial charge in [0, 0.05) is 27.9 Å². The maximum atomic E-state index is 11.0. The molecule has 16 heavy (non-hydrogen) atoms. The fourth-order valence-corrected chi connectivity index (χ4v) is 1.67. The Morgan fingerprint density at radius 3 is 2.25 bits per heavy atom. The molecule has 3 N–H and O–H groups in total. The van der Waals surface area contributed by atoms with Crippen LogP contribution in [0.25, 0.3) is 11.3 Å². The molecule has 0 unspecified atom stereocenters. The van der Waals surface area contributed by atoms with Gasteiger partial charge in [0.2, 0.25) is 10.0 Å². The van der Waals surface area contributed by atoms with Crippen LogP contribution in [0.2, 0.25) is 0 Å². The van der Waals surface area contributed by atoms with Crippen molar-refractivity contribution >= 4 is 10.0 Å². The zero-order chi connectivity index (χ0) is 10.9. The van der Waals surface area contributed by atoms with Crippen molar-refractivity contribution in [3.8, 4) is 11.3 Å². The number of primary sulfonamides is 1. The molecule has 0 aliphatic heterocycles. The van der Waals surface area contributed by atoms with Crippen molar-refractivity contribution in [2.45, 2.75) is 4.90 Å². The normalized spacial score (nSPS) is 10.8. The van der Waals surface area contributed by atoms with Crippen LogP contribution < -0.4 is 5.14 Å². The molecule has 1 heterocycles. The van der Waals surface area contributed by atoms with E-state index < -0.39 is 10.0 Å². The van der Waals surface area contributed by atoms with Gasteiger partial charge in [0.15, 0.2) is 0 Å². The Labute approximate surface area is 108 Å². The summed E-state index contributed by atoms with van der Waals surface area (Å²) in [6, 6.07) is 6.11. The molecule has 0 saturated carbocycles. The predicted octanol–water partition coefficient (Wildman–Crippen LogP) is 0.117. The van der Waals surface area contributed by atoms with Gasteiger partial charge in [0.25, 0.3) is 0 Å². The van der Waals surface area contributed by atoms with E-state index in [1.807, 2.05) is 0 Å². The first kappa shape index (κ1) is 13.1. The van der Waals surface area contributed by atoms with Crippen molar-refractivity contribution in [2.75, 3.05) is 0 Å². The van der Waals surface area contributed by atoms with Gasteiger partial charge in [-0.1, -0.05) is 12.1 Å². The summed E-state index contributed by atoms with van der Waals surface area (Å²) in [6.07, 6.45) is 1.55. The van der Waals surface area contributed by atoms with Crippen LogP contribution in [0.1, 0.15) is 0 Å². The molecule has 0 fully saturated rings. The Balaban J connectivity index is 0.00000128. The first-order valence-electron chi connectivity index (χ1n) is 4.06. The van der Waals surface area contributed by atoms with Crippen LogP contribution in [0.15, 0.2) is 35.4 Å². The topological polar surface area (TPSA) is 102 Å². The molecule has 0 bridgehead atoms. The molecule has 0 atom stereocenters. The zero-order valence-corrected chi connectivity index (χ0v) is 10.2. The monoisotopic (exact) mass is 331 g/mol. The minimum absolute atomic E-state index is 0. The molecule has 0 aliphatic carbocycles. The Hall–Kier alpha value is -0.990. The first-order valence-corrected chi connectivity index (χ1v) is 5.61. The molecule has 1 aromatic heterocycles. The van der Waals surface area contributed by atoms with E-state index in [4.69, 9.17) is 5.14 Å². The van der Waals surface area contributed by atoms with Crippen LogP contribution in [0.4, 0.5) is 0 Å². The summed E-state index contributed by atoms with van der Waals surface area (Å²) in [5.74, 6) is 0. The average Bonchev–Trinajstić information content (AvgIpc) is 2.69. The Bertz CT molecular complexity index is 550. The van der Waals surface area contributed by atoms with Crippen LogP contribution >= 0.6 is 0 Å². The van der Waals surface area contributed by atoms with Gasteiger partial charge in [-0.05, 0) is 12.1 Å². The summed E-state index contributed by atoms with van der Waals surface area (Å²) in [5, 5.41) is 14.9. The number of nitrogens with one attached hydrogen (secondary N) is 1. The number of aromatic nitrogens is 3. The minimum atomic E-state index is -3.63. The third kappa shape index (κ3) is 2.77. The molecule has 6 nitrogen and oxygen atoms in total. The Morgan fingerprint density at radius 2 is 1.81 bits per heavy atom. The van der Waals surface area contributed by atoms with E-state index in [0.29, 0.717) is 5.69 Å². The molecular weight excluding hydrogens is 324 g/mol. The van der Waals surface area contributed by atoms with Crippen LogP contribution in [0.3, 0.4) is 0 Å². The number of sulfonamides is 1. The molecule has 2 rings (SSSR count). The molecule has 1 aromatic carbocycles. The van der Waals surface area contributed by atoms with Crippen molar-refractivity contribution in [1.29, 1.82) is 0 Å². The zero-order valence-electron chi connectivity index (χ0n) is 7.88. The number of hydrogen-bond donors (Lipinski definition) is 2. The number of aromatic amines is 1. The molecule has 0 spiro atoms. The van der Waals surface area contributed by atoms with Crippen molar-refractivity contribution in [3.63, 3.8) is 0 Å². The van der Waals surface area contributed by atoms with E-state index in [1.54, 1.807) is 18.3 Å². The Kier molecular flexibility index (Phi) is 4.00. The van der Waals surface area contributed by atoms with Gasteiger partial charge in [0.05, 0.1) is 11.1 Å². The maximum absolute atomic E-state index is 11.0.